The normalized spacial score (nSPS) is 11.4. The first kappa shape index (κ1) is 26.4. The maximum atomic E-state index is 4.05. The molecule has 2 aromatic carbocycles. The van der Waals surface area contributed by atoms with E-state index in [1.54, 1.807) is 7.05 Å². The van der Waals surface area contributed by atoms with E-state index in [9.17, 15) is 0 Å². The van der Waals surface area contributed by atoms with Crippen LogP contribution in [0.3, 0.4) is 0 Å². The molecule has 0 spiro atoms. The number of nitrogens with zero attached hydrogens (tertiary/aromatic N) is 1. The van der Waals surface area contributed by atoms with Gasteiger partial charge in [0.2, 0.25) is 0 Å². The standard InChI is InChI=1S/C17H17N.C5H5.C3H9P.Co/c1-13-4-8-15(9-5-13)17(12-18-3)16-10-6-14(2)7-11-16;1-2-4-5-3-1;1-4(2)3;/h4-11H,1-3H3;1-5H;1-3H3;/q-2;;;+2. The van der Waals surface area contributed by atoms with Crippen molar-refractivity contribution in [3.8, 4) is 0 Å². The van der Waals surface area contributed by atoms with Crippen molar-refractivity contribution < 1.29 is 16.8 Å². The van der Waals surface area contributed by atoms with E-state index >= 15 is 0 Å². The van der Waals surface area contributed by atoms with Gasteiger partial charge in [0.05, 0.1) is 0 Å². The molecule has 150 valence electrons. The van der Waals surface area contributed by atoms with Crippen LogP contribution in [0.2, 0.25) is 0 Å². The van der Waals surface area contributed by atoms with Crippen LogP contribution in [-0.2, 0) is 16.8 Å². The van der Waals surface area contributed by atoms with Crippen LogP contribution < -0.4 is 0 Å². The molecule has 0 N–H and O–H groups in total. The Bertz CT molecular complexity index is 670. The summed E-state index contributed by atoms with van der Waals surface area (Å²) >= 11 is 0. The Balaban J connectivity index is 0.000000605. The molecule has 0 aliphatic heterocycles. The summed E-state index contributed by atoms with van der Waals surface area (Å²) in [5.41, 5.74) is 4.82. The largest absolute Gasteiger partial charge is 2.00 e. The van der Waals surface area contributed by atoms with Crippen molar-refractivity contribution in [3.05, 3.63) is 107 Å². The summed E-state index contributed by atoms with van der Waals surface area (Å²) in [5.74, 6) is 1.04. The van der Waals surface area contributed by atoms with Crippen molar-refractivity contribution in [1.29, 1.82) is 0 Å². The number of hydrogen-bond donors (Lipinski definition) is 0. The SMILES string of the molecule is CN=[C-][C-](c1ccc(C)cc1)c1ccc(C)cc1.CP(C)C.[CH]1C=CC=C1.[Co+2]. The molecule has 2 aromatic rings. The first-order valence-corrected chi connectivity index (χ1v) is 11.8. The number of aliphatic imine (C=N–C) groups is 1. The van der Waals surface area contributed by atoms with Crippen LogP contribution >= 0.6 is 7.92 Å². The number of allylic oxidation sites excluding steroid dienone is 4. The summed E-state index contributed by atoms with van der Waals surface area (Å²) in [6.07, 6.45) is 13.1. The van der Waals surface area contributed by atoms with E-state index in [0.717, 1.165) is 17.0 Å². The minimum Gasteiger partial charge on any atom is -0.371 e. The number of benzene rings is 2. The molecular weight excluding hydrogens is 404 g/mol. The first-order chi connectivity index (χ1) is 12.9. The second-order valence-electron chi connectivity index (χ2n) is 6.75. The number of hydrogen-bond acceptors (Lipinski definition) is 1. The van der Waals surface area contributed by atoms with E-state index in [2.05, 4.69) is 93.6 Å². The molecule has 0 bridgehead atoms. The monoisotopic (exact) mass is 435 g/mol. The van der Waals surface area contributed by atoms with Crippen molar-refractivity contribution in [2.24, 2.45) is 4.99 Å². The molecule has 1 aliphatic rings. The smallest absolute Gasteiger partial charge is 0.371 e. The van der Waals surface area contributed by atoms with Crippen molar-refractivity contribution in [2.45, 2.75) is 13.8 Å². The molecule has 2 radical (unpaired) electrons. The van der Waals surface area contributed by atoms with E-state index in [-0.39, 0.29) is 16.8 Å². The van der Waals surface area contributed by atoms with Gasteiger partial charge in [0.1, 0.15) is 0 Å². The second kappa shape index (κ2) is 15.3. The molecule has 0 heterocycles. The zero-order chi connectivity index (χ0) is 20.1. The van der Waals surface area contributed by atoms with Gasteiger partial charge in [-0.05, 0) is 33.8 Å². The number of rotatable bonds is 3. The minimum atomic E-state index is 0. The molecule has 0 atom stereocenters. The third kappa shape index (κ3) is 11.3. The Hall–Kier alpha value is -1.60. The van der Waals surface area contributed by atoms with Gasteiger partial charge in [0.15, 0.2) is 0 Å². The summed E-state index contributed by atoms with van der Waals surface area (Å²) in [4.78, 5) is 4.05. The van der Waals surface area contributed by atoms with Gasteiger partial charge in [0, 0.05) is 13.5 Å². The summed E-state index contributed by atoms with van der Waals surface area (Å²) in [5, 5.41) is 0. The predicted octanol–water partition coefficient (Wildman–Crippen LogP) is 6.52. The fraction of sp³-hybridized carbons (Fsp3) is 0.240. The van der Waals surface area contributed by atoms with Gasteiger partial charge < -0.3 is 4.99 Å². The second-order valence-corrected chi connectivity index (χ2v) is 9.43. The Morgan fingerprint density at radius 3 is 1.32 bits per heavy atom. The van der Waals surface area contributed by atoms with Crippen molar-refractivity contribution >= 4 is 14.1 Å². The average molecular weight is 435 g/mol. The van der Waals surface area contributed by atoms with Crippen molar-refractivity contribution in [2.75, 3.05) is 27.0 Å². The maximum Gasteiger partial charge on any atom is 2.00 e. The Morgan fingerprint density at radius 2 is 1.07 bits per heavy atom. The molecule has 3 heteroatoms. The van der Waals surface area contributed by atoms with Crippen molar-refractivity contribution in [3.63, 3.8) is 0 Å². The quantitative estimate of drug-likeness (QED) is 0.296. The Kier molecular flexibility index (Phi) is 14.5. The van der Waals surface area contributed by atoms with Crippen LogP contribution in [0.4, 0.5) is 0 Å². The zero-order valence-electron chi connectivity index (χ0n) is 17.7. The van der Waals surface area contributed by atoms with Gasteiger partial charge in [0.25, 0.3) is 0 Å². The summed E-state index contributed by atoms with van der Waals surface area (Å²) in [7, 11) is 2.13. The molecule has 0 fully saturated rings. The zero-order valence-corrected chi connectivity index (χ0v) is 19.7. The Labute approximate surface area is 184 Å². The van der Waals surface area contributed by atoms with Crippen LogP contribution in [0.1, 0.15) is 22.3 Å². The molecule has 0 saturated carbocycles. The molecule has 0 unspecified atom stereocenters. The molecular formula is C25H31CoNP. The third-order valence-electron chi connectivity index (χ3n) is 3.46. The van der Waals surface area contributed by atoms with Crippen LogP contribution in [0.25, 0.3) is 0 Å². The van der Waals surface area contributed by atoms with Gasteiger partial charge >= 0.3 is 16.8 Å². The van der Waals surface area contributed by atoms with Gasteiger partial charge in [-0.1, -0.05) is 35.4 Å². The molecule has 0 saturated heterocycles. The van der Waals surface area contributed by atoms with E-state index < -0.39 is 0 Å². The summed E-state index contributed by atoms with van der Waals surface area (Å²) in [6.45, 7) is 10.9. The van der Waals surface area contributed by atoms with Crippen LogP contribution in [0, 0.1) is 26.2 Å². The topological polar surface area (TPSA) is 12.4 Å². The van der Waals surface area contributed by atoms with E-state index in [4.69, 9.17) is 0 Å². The maximum absolute atomic E-state index is 4.05. The van der Waals surface area contributed by atoms with Crippen molar-refractivity contribution in [1.82, 2.24) is 0 Å². The van der Waals surface area contributed by atoms with Crippen LogP contribution in [0.5, 0.6) is 0 Å². The minimum absolute atomic E-state index is 0. The molecule has 1 aliphatic carbocycles. The van der Waals surface area contributed by atoms with Gasteiger partial charge in [-0.15, -0.1) is 38.4 Å². The van der Waals surface area contributed by atoms with E-state index in [1.807, 2.05) is 30.7 Å². The average Bonchev–Trinajstić information content (AvgIpc) is 3.21. The van der Waals surface area contributed by atoms with E-state index in [0.29, 0.717) is 7.92 Å². The molecule has 1 nitrogen and oxygen atoms in total. The summed E-state index contributed by atoms with van der Waals surface area (Å²) in [6, 6.07) is 16.9. The molecule has 3 rings (SSSR count). The van der Waals surface area contributed by atoms with E-state index in [1.165, 1.54) is 11.1 Å². The summed E-state index contributed by atoms with van der Waals surface area (Å²) < 4.78 is 0. The van der Waals surface area contributed by atoms with Crippen LogP contribution in [-0.4, -0.2) is 33.3 Å². The molecule has 0 amide bonds. The predicted molar refractivity (Wildman–Crippen MR) is 124 cm³/mol. The Morgan fingerprint density at radius 1 is 0.714 bits per heavy atom. The van der Waals surface area contributed by atoms with Gasteiger partial charge in [-0.3, -0.25) is 0 Å². The van der Waals surface area contributed by atoms with Crippen LogP contribution in [0.15, 0.2) is 77.8 Å². The third-order valence-corrected chi connectivity index (χ3v) is 3.46. The van der Waals surface area contributed by atoms with Gasteiger partial charge in [-0.2, -0.15) is 24.3 Å². The molecule has 0 aromatic heterocycles. The first-order valence-electron chi connectivity index (χ1n) is 9.07. The van der Waals surface area contributed by atoms with Gasteiger partial charge in [-0.25, -0.2) is 17.0 Å². The number of aryl methyl sites for hydroxylation is 2. The molecule has 28 heavy (non-hydrogen) atoms. The fourth-order valence-corrected chi connectivity index (χ4v) is 2.17. The fourth-order valence-electron chi connectivity index (χ4n) is 2.17.